The maximum atomic E-state index is 13.1. The van der Waals surface area contributed by atoms with Crippen LogP contribution in [0.25, 0.3) is 0 Å². The Morgan fingerprint density at radius 2 is 2.07 bits per heavy atom. The van der Waals surface area contributed by atoms with Crippen LogP contribution in [0.15, 0.2) is 18.2 Å². The van der Waals surface area contributed by atoms with Crippen LogP contribution >= 0.6 is 0 Å². The normalized spacial score (nSPS) is 29.6. The van der Waals surface area contributed by atoms with E-state index in [9.17, 15) is 14.4 Å². The van der Waals surface area contributed by atoms with Crippen molar-refractivity contribution in [1.82, 2.24) is 15.5 Å². The molecule has 2 atom stereocenters. The third kappa shape index (κ3) is 2.82. The highest BCUT2D eigenvalue weighted by Crippen LogP contribution is 2.73. The highest BCUT2D eigenvalue weighted by molar-refractivity contribution is 6.05. The van der Waals surface area contributed by atoms with Gasteiger partial charge in [-0.15, -0.1) is 0 Å². The minimum absolute atomic E-state index is 0.109. The fraction of sp³-hybridized carbons (Fsp3) is 0.591. The molecule has 2 aliphatic heterocycles. The van der Waals surface area contributed by atoms with E-state index in [1.807, 2.05) is 18.2 Å². The Morgan fingerprint density at radius 3 is 2.72 bits per heavy atom. The molecular weight excluding hydrogens is 368 g/mol. The van der Waals surface area contributed by atoms with E-state index in [0.29, 0.717) is 30.5 Å². The average Bonchev–Trinajstić information content (AvgIpc) is 3.26. The lowest BCUT2D eigenvalue weighted by Gasteiger charge is -2.32. The average molecular weight is 396 g/mol. The summed E-state index contributed by atoms with van der Waals surface area (Å²) in [5.74, 6) is -0.743. The van der Waals surface area contributed by atoms with E-state index in [2.05, 4.69) is 10.6 Å². The summed E-state index contributed by atoms with van der Waals surface area (Å²) in [5.41, 5.74) is 9.44. The molecule has 7 nitrogen and oxygen atoms in total. The summed E-state index contributed by atoms with van der Waals surface area (Å²) >= 11 is 0. The first-order chi connectivity index (χ1) is 14.0. The Bertz CT molecular complexity index is 894. The quantitative estimate of drug-likeness (QED) is 0.624. The molecule has 1 spiro atoms. The summed E-state index contributed by atoms with van der Waals surface area (Å²) in [7, 11) is 0. The Kier molecular flexibility index (Phi) is 4.29. The number of piperidine rings is 1. The zero-order valence-corrected chi connectivity index (χ0v) is 16.6. The van der Waals surface area contributed by atoms with Gasteiger partial charge in [-0.1, -0.05) is 24.6 Å². The highest BCUT2D eigenvalue weighted by atomic mass is 16.2. The second-order valence-electron chi connectivity index (χ2n) is 9.25. The van der Waals surface area contributed by atoms with Crippen molar-refractivity contribution in [2.45, 2.75) is 57.7 Å². The van der Waals surface area contributed by atoms with E-state index in [0.717, 1.165) is 24.2 Å². The van der Waals surface area contributed by atoms with E-state index >= 15 is 0 Å². The topological polar surface area (TPSA) is 105 Å². The molecule has 2 saturated carbocycles. The second-order valence-corrected chi connectivity index (χ2v) is 9.25. The number of fused-ring (bicyclic) bond motifs is 1. The van der Waals surface area contributed by atoms with Gasteiger partial charge in [0.25, 0.3) is 5.91 Å². The van der Waals surface area contributed by atoms with Gasteiger partial charge in [-0.2, -0.15) is 0 Å². The number of carbonyl (C=O) groups excluding carboxylic acids is 3. The number of hydrogen-bond acceptors (Lipinski definition) is 5. The molecule has 4 N–H and O–H groups in total. The maximum absolute atomic E-state index is 13.1. The van der Waals surface area contributed by atoms with Gasteiger partial charge in [-0.05, 0) is 48.8 Å². The van der Waals surface area contributed by atoms with Crippen molar-refractivity contribution in [2.75, 3.05) is 13.1 Å². The van der Waals surface area contributed by atoms with Gasteiger partial charge in [0.1, 0.15) is 6.04 Å². The van der Waals surface area contributed by atoms with Crippen molar-refractivity contribution in [3.05, 3.63) is 34.9 Å². The van der Waals surface area contributed by atoms with Crippen LogP contribution in [0, 0.1) is 10.8 Å². The van der Waals surface area contributed by atoms with Crippen molar-refractivity contribution >= 4 is 17.7 Å². The van der Waals surface area contributed by atoms with Crippen LogP contribution in [-0.2, 0) is 22.7 Å². The third-order valence-corrected chi connectivity index (χ3v) is 7.80. The number of rotatable bonds is 6. The van der Waals surface area contributed by atoms with Gasteiger partial charge in [0.2, 0.25) is 11.8 Å². The van der Waals surface area contributed by atoms with Crippen LogP contribution in [0.1, 0.15) is 60.0 Å². The zero-order valence-electron chi connectivity index (χ0n) is 16.6. The van der Waals surface area contributed by atoms with Crippen LogP contribution in [-0.4, -0.2) is 41.8 Å². The summed E-state index contributed by atoms with van der Waals surface area (Å²) in [5, 5.41) is 5.92. The monoisotopic (exact) mass is 396 g/mol. The van der Waals surface area contributed by atoms with Gasteiger partial charge in [-0.3, -0.25) is 19.7 Å². The molecule has 4 aliphatic rings. The molecule has 3 fully saturated rings. The molecule has 3 amide bonds. The lowest BCUT2D eigenvalue weighted by Crippen LogP contribution is -2.52. The molecule has 2 heterocycles. The molecule has 0 bridgehead atoms. The van der Waals surface area contributed by atoms with E-state index in [1.165, 1.54) is 25.7 Å². The Morgan fingerprint density at radius 1 is 1.24 bits per heavy atom. The molecule has 7 heteroatoms. The van der Waals surface area contributed by atoms with E-state index in [4.69, 9.17) is 5.73 Å². The summed E-state index contributed by atoms with van der Waals surface area (Å²) < 4.78 is 0. The number of hydrogen-bond donors (Lipinski definition) is 3. The maximum Gasteiger partial charge on any atom is 0.255 e. The molecule has 0 aromatic heterocycles. The Hall–Kier alpha value is -2.25. The molecule has 29 heavy (non-hydrogen) atoms. The van der Waals surface area contributed by atoms with Crippen LogP contribution in [0.4, 0.5) is 0 Å². The molecule has 5 rings (SSSR count). The van der Waals surface area contributed by atoms with Gasteiger partial charge in [0.05, 0.1) is 0 Å². The highest BCUT2D eigenvalue weighted by Gasteiger charge is 2.67. The summed E-state index contributed by atoms with van der Waals surface area (Å²) in [6.45, 7) is 2.65. The number of nitrogens with zero attached hydrogens (tertiary/aromatic N) is 1. The molecule has 2 unspecified atom stereocenters. The predicted octanol–water partition coefficient (Wildman–Crippen LogP) is 1.06. The van der Waals surface area contributed by atoms with Gasteiger partial charge < -0.3 is 16.0 Å². The first kappa shape index (κ1) is 18.8. The summed E-state index contributed by atoms with van der Waals surface area (Å²) in [6, 6.07) is 5.34. The Labute approximate surface area is 170 Å². The number of benzene rings is 1. The molecule has 2 aliphatic carbocycles. The van der Waals surface area contributed by atoms with Gasteiger partial charge >= 0.3 is 0 Å². The van der Waals surface area contributed by atoms with E-state index in [-0.39, 0.29) is 29.6 Å². The van der Waals surface area contributed by atoms with Crippen LogP contribution < -0.4 is 16.4 Å². The number of imide groups is 1. The van der Waals surface area contributed by atoms with E-state index < -0.39 is 6.04 Å². The lowest BCUT2D eigenvalue weighted by molar-refractivity contribution is -0.136. The number of carbonyl (C=O) groups is 3. The molecule has 1 aromatic rings. The van der Waals surface area contributed by atoms with Crippen LogP contribution in [0.2, 0.25) is 0 Å². The largest absolute Gasteiger partial charge is 0.330 e. The SMILES string of the molecule is NCC1(CNCc2cccc3c2C(=O)N(C2CCC(=O)NC2=O)C3)CC12CCC2. The van der Waals surface area contributed by atoms with Gasteiger partial charge in [-0.25, -0.2) is 0 Å². The zero-order chi connectivity index (χ0) is 20.2. The minimum Gasteiger partial charge on any atom is -0.330 e. The van der Waals surface area contributed by atoms with Crippen molar-refractivity contribution in [3.8, 4) is 0 Å². The molecule has 1 aromatic carbocycles. The second kappa shape index (κ2) is 6.64. The number of amides is 3. The summed E-state index contributed by atoms with van der Waals surface area (Å²) in [4.78, 5) is 38.4. The van der Waals surface area contributed by atoms with Crippen LogP contribution in [0.3, 0.4) is 0 Å². The molecule has 1 saturated heterocycles. The number of nitrogens with two attached hydrogens (primary N) is 1. The molecular formula is C22H28N4O3. The minimum atomic E-state index is -0.571. The van der Waals surface area contributed by atoms with Gasteiger partial charge in [0.15, 0.2) is 0 Å². The number of nitrogens with one attached hydrogen (secondary N) is 2. The van der Waals surface area contributed by atoms with Crippen molar-refractivity contribution < 1.29 is 14.4 Å². The fourth-order valence-electron chi connectivity index (χ4n) is 5.80. The first-order valence-corrected chi connectivity index (χ1v) is 10.6. The van der Waals surface area contributed by atoms with Crippen molar-refractivity contribution in [1.29, 1.82) is 0 Å². The summed E-state index contributed by atoms with van der Waals surface area (Å²) in [6.07, 6.45) is 5.79. The predicted molar refractivity (Wildman–Crippen MR) is 107 cm³/mol. The molecule has 0 radical (unpaired) electrons. The first-order valence-electron chi connectivity index (χ1n) is 10.6. The molecule has 154 valence electrons. The van der Waals surface area contributed by atoms with E-state index in [1.54, 1.807) is 4.90 Å². The lowest BCUT2D eigenvalue weighted by atomic mass is 9.75. The smallest absolute Gasteiger partial charge is 0.255 e. The van der Waals surface area contributed by atoms with Crippen molar-refractivity contribution in [2.24, 2.45) is 16.6 Å². The standard InChI is InChI=1S/C22H28N4O3/c23-12-22(11-21(22)7-2-8-21)13-24-9-14-3-1-4-15-10-26(20(29)18(14)15)16-5-6-17(27)25-19(16)28/h1,3-4,16,24H,2,5-13,23H2,(H,25,27,28). The third-order valence-electron chi connectivity index (χ3n) is 7.80. The van der Waals surface area contributed by atoms with Gasteiger partial charge in [0, 0.05) is 37.0 Å². The van der Waals surface area contributed by atoms with Crippen LogP contribution in [0.5, 0.6) is 0 Å². The van der Waals surface area contributed by atoms with Crippen molar-refractivity contribution in [3.63, 3.8) is 0 Å². The fourth-order valence-corrected chi connectivity index (χ4v) is 5.80. The Balaban J connectivity index is 1.28.